The summed E-state index contributed by atoms with van der Waals surface area (Å²) in [5.41, 5.74) is 0. The molecule has 4 nitrogen and oxygen atoms in total. The molecule has 3 unspecified atom stereocenters. The van der Waals surface area contributed by atoms with E-state index in [4.69, 9.17) is 12.3 Å². The average molecular weight is 841 g/mol. The van der Waals surface area contributed by atoms with Crippen LogP contribution in [0.4, 0.5) is 87.8 Å². The molecule has 0 aliphatic carbocycles. The van der Waals surface area contributed by atoms with Gasteiger partial charge in [0.25, 0.3) is 0 Å². The van der Waals surface area contributed by atoms with Crippen molar-refractivity contribution in [2.24, 2.45) is 0 Å². The van der Waals surface area contributed by atoms with Gasteiger partial charge in [0.15, 0.2) is 8.32 Å². The van der Waals surface area contributed by atoms with Crippen LogP contribution < -0.4 is 0 Å². The SMILES string of the molecule is C[Si](C)(CCC(F)(F)C(F)(F)C(F)(F)C(F)(F)C(F)(F)F)O[Si](C)(CCC(F)(F)F)O[Si](C)(CCC(F)(F)F)O[Si](C)(O)CCC(F)(F)F. The van der Waals surface area contributed by atoms with Gasteiger partial charge in [-0.25, -0.2) is 0 Å². The molecule has 49 heavy (non-hydrogen) atoms. The molecule has 0 amide bonds. The Hall–Kier alpha value is -0.692. The molecule has 28 heteroatoms. The minimum Gasteiger partial charge on any atom is -0.436 e. The van der Waals surface area contributed by atoms with Crippen molar-refractivity contribution in [1.29, 1.82) is 0 Å². The molecular weight excluding hydrogens is 809 g/mol. The molecule has 0 saturated carbocycles. The lowest BCUT2D eigenvalue weighted by Gasteiger charge is -2.44. The van der Waals surface area contributed by atoms with Gasteiger partial charge in [-0.1, -0.05) is 0 Å². The first-order valence-corrected chi connectivity index (χ1v) is 24.3. The molecule has 0 radical (unpaired) electrons. The molecule has 0 aliphatic heterocycles. The third-order valence-electron chi connectivity index (χ3n) is 6.60. The van der Waals surface area contributed by atoms with Gasteiger partial charge in [-0.15, -0.1) is 0 Å². The second kappa shape index (κ2) is 15.0. The highest BCUT2D eigenvalue weighted by Crippen LogP contribution is 2.58. The highest BCUT2D eigenvalue weighted by molar-refractivity contribution is 6.89. The molecule has 1 N–H and O–H groups in total. The molecule has 0 aromatic rings. The maximum absolute atomic E-state index is 14.4. The summed E-state index contributed by atoms with van der Waals surface area (Å²) in [5.74, 6) is -29.2. The highest BCUT2D eigenvalue weighted by Gasteiger charge is 2.86. The summed E-state index contributed by atoms with van der Waals surface area (Å²) in [4.78, 5) is 10.5. The Morgan fingerprint density at radius 1 is 0.408 bits per heavy atom. The van der Waals surface area contributed by atoms with E-state index in [9.17, 15) is 92.6 Å². The van der Waals surface area contributed by atoms with Gasteiger partial charge in [-0.3, -0.25) is 0 Å². The summed E-state index contributed by atoms with van der Waals surface area (Å²) >= 11 is 0. The van der Waals surface area contributed by atoms with Crippen molar-refractivity contribution in [2.45, 2.75) is 131 Å². The van der Waals surface area contributed by atoms with Gasteiger partial charge < -0.3 is 17.1 Å². The molecule has 0 aromatic carbocycles. The first kappa shape index (κ1) is 48.3. The maximum atomic E-state index is 14.4. The molecule has 0 saturated heterocycles. The topological polar surface area (TPSA) is 47.9 Å². The molecule has 0 aliphatic rings. The Morgan fingerprint density at radius 3 is 1.10 bits per heavy atom. The van der Waals surface area contributed by atoms with Crippen LogP contribution in [0.3, 0.4) is 0 Å². The fourth-order valence-corrected chi connectivity index (χ4v) is 22.9. The molecular formula is C21H32F20O4Si4. The van der Waals surface area contributed by atoms with Crippen molar-refractivity contribution >= 4 is 34.0 Å². The monoisotopic (exact) mass is 840 g/mol. The van der Waals surface area contributed by atoms with Crippen LogP contribution >= 0.6 is 0 Å². The summed E-state index contributed by atoms with van der Waals surface area (Å²) in [7, 11) is -18.7. The normalized spacial score (nSPS) is 19.0. The van der Waals surface area contributed by atoms with Gasteiger partial charge in [0.2, 0.25) is 0 Å². The van der Waals surface area contributed by atoms with E-state index in [2.05, 4.69) is 0 Å². The molecule has 0 aromatic heterocycles. The summed E-state index contributed by atoms with van der Waals surface area (Å²) in [5, 5.41) is 0. The van der Waals surface area contributed by atoms with E-state index in [1.165, 1.54) is 0 Å². The lowest BCUT2D eigenvalue weighted by molar-refractivity contribution is -0.422. The zero-order valence-electron chi connectivity index (χ0n) is 25.9. The van der Waals surface area contributed by atoms with Gasteiger partial charge in [0.05, 0.1) is 0 Å². The average Bonchev–Trinajstić information content (AvgIpc) is 2.81. The zero-order chi connectivity index (χ0) is 39.8. The van der Waals surface area contributed by atoms with Crippen LogP contribution in [0.5, 0.6) is 0 Å². The van der Waals surface area contributed by atoms with Gasteiger partial charge in [0.1, 0.15) is 0 Å². The van der Waals surface area contributed by atoms with E-state index in [0.29, 0.717) is 19.6 Å². The lowest BCUT2D eigenvalue weighted by atomic mass is 9.96. The van der Waals surface area contributed by atoms with Crippen LogP contribution in [0, 0.1) is 0 Å². The molecule has 0 fully saturated rings. The molecule has 0 spiro atoms. The summed E-state index contributed by atoms with van der Waals surface area (Å²) in [6, 6.07) is -5.38. The number of hydrogen-bond donors (Lipinski definition) is 1. The van der Waals surface area contributed by atoms with Crippen LogP contribution in [0.25, 0.3) is 0 Å². The Morgan fingerprint density at radius 2 is 0.755 bits per heavy atom. The van der Waals surface area contributed by atoms with E-state index >= 15 is 0 Å². The van der Waals surface area contributed by atoms with Gasteiger partial charge in [-0.2, -0.15) is 87.8 Å². The van der Waals surface area contributed by atoms with Crippen molar-refractivity contribution in [1.82, 2.24) is 0 Å². The lowest BCUT2D eigenvalue weighted by Crippen LogP contribution is -2.66. The van der Waals surface area contributed by atoms with Crippen LogP contribution in [0.15, 0.2) is 0 Å². The third kappa shape index (κ3) is 14.7. The van der Waals surface area contributed by atoms with Crippen molar-refractivity contribution in [2.75, 3.05) is 0 Å². The Kier molecular flexibility index (Phi) is 14.8. The third-order valence-corrected chi connectivity index (χ3v) is 22.4. The van der Waals surface area contributed by atoms with Crippen molar-refractivity contribution < 1.29 is 105 Å². The summed E-state index contributed by atoms with van der Waals surface area (Å²) in [6.45, 7) is 3.58. The van der Waals surface area contributed by atoms with E-state index in [1.54, 1.807) is 0 Å². The van der Waals surface area contributed by atoms with Gasteiger partial charge in [-0.05, 0) is 56.9 Å². The molecule has 0 heterocycles. The first-order chi connectivity index (χ1) is 20.9. The molecule has 0 rings (SSSR count). The first-order valence-electron chi connectivity index (χ1n) is 13.6. The Bertz CT molecular complexity index is 1080. The predicted molar refractivity (Wildman–Crippen MR) is 140 cm³/mol. The summed E-state index contributed by atoms with van der Waals surface area (Å²) in [6.07, 6.45) is -30.5. The fraction of sp³-hybridized carbons (Fsp3) is 1.00. The standard InChI is InChI=1S/C21H32F20O4Si4/c1-46(2,10-6-14(22,23)18(33,34)19(35,36)20(37,38)21(39,40)41)43-48(4,12-8-16(27,28)29)45-49(5,13-9-17(30,31)32)44-47(3,42)11-7-15(24,25)26/h42H,6-13H2,1-5H3. The zero-order valence-corrected chi connectivity index (χ0v) is 29.9. The Balaban J connectivity index is 6.62. The second-order valence-electron chi connectivity index (χ2n) is 12.3. The van der Waals surface area contributed by atoms with Gasteiger partial charge in [0, 0.05) is 25.7 Å². The quantitative estimate of drug-likeness (QED) is 0.110. The fourth-order valence-electron chi connectivity index (χ4n) is 4.19. The van der Waals surface area contributed by atoms with Crippen molar-refractivity contribution in [3.05, 3.63) is 0 Å². The minimum absolute atomic E-state index is 0.687. The van der Waals surface area contributed by atoms with Crippen molar-refractivity contribution in [3.8, 4) is 0 Å². The van der Waals surface area contributed by atoms with E-state index in [1.807, 2.05) is 0 Å². The largest absolute Gasteiger partial charge is 0.460 e. The minimum atomic E-state index is -7.73. The maximum Gasteiger partial charge on any atom is 0.460 e. The second-order valence-corrected chi connectivity index (χ2v) is 27.1. The smallest absolute Gasteiger partial charge is 0.436 e. The predicted octanol–water partition coefficient (Wildman–Crippen LogP) is 10.8. The number of halogens is 20. The number of hydrogen-bond acceptors (Lipinski definition) is 4. The van der Waals surface area contributed by atoms with Crippen LogP contribution in [0.2, 0.25) is 56.9 Å². The number of rotatable bonds is 18. The highest BCUT2D eigenvalue weighted by atomic mass is 28.5. The van der Waals surface area contributed by atoms with E-state index in [-0.39, 0.29) is 0 Å². The van der Waals surface area contributed by atoms with Crippen LogP contribution in [-0.2, 0) is 12.3 Å². The van der Waals surface area contributed by atoms with Crippen LogP contribution in [-0.4, -0.2) is 87.2 Å². The van der Waals surface area contributed by atoms with E-state index in [0.717, 1.165) is 13.1 Å². The molecule has 3 atom stereocenters. The Labute approximate surface area is 270 Å². The summed E-state index contributed by atoms with van der Waals surface area (Å²) < 4.78 is 281. The van der Waals surface area contributed by atoms with E-state index < -0.39 is 132 Å². The number of alkyl halides is 20. The van der Waals surface area contributed by atoms with Crippen molar-refractivity contribution in [3.63, 3.8) is 0 Å². The van der Waals surface area contributed by atoms with Crippen LogP contribution in [0.1, 0.15) is 25.7 Å². The molecule has 296 valence electrons. The van der Waals surface area contributed by atoms with Gasteiger partial charge >= 0.3 is 74.1 Å². The molecule has 0 bridgehead atoms.